The molecule has 3 nitrogen and oxygen atoms in total. The van der Waals surface area contributed by atoms with Crippen LogP contribution in [0.3, 0.4) is 0 Å². The van der Waals surface area contributed by atoms with Crippen molar-refractivity contribution in [2.24, 2.45) is 0 Å². The molecule has 2 atom stereocenters. The van der Waals surface area contributed by atoms with E-state index >= 15 is 0 Å². The van der Waals surface area contributed by atoms with E-state index in [0.29, 0.717) is 0 Å². The van der Waals surface area contributed by atoms with Crippen LogP contribution in [0, 0.1) is 10.8 Å². The van der Waals surface area contributed by atoms with E-state index in [0.717, 1.165) is 0 Å². The molecule has 0 amide bonds. The van der Waals surface area contributed by atoms with Gasteiger partial charge >= 0.3 is 0 Å². The van der Waals surface area contributed by atoms with Crippen LogP contribution in [0.25, 0.3) is 0 Å². The average molecular weight is 175 g/mol. The van der Waals surface area contributed by atoms with E-state index in [4.69, 9.17) is 11.6 Å². The van der Waals surface area contributed by atoms with Gasteiger partial charge in [0, 0.05) is 4.29 Å². The van der Waals surface area contributed by atoms with Crippen molar-refractivity contribution in [3.8, 4) is 0 Å². The van der Waals surface area contributed by atoms with Gasteiger partial charge in [-0.25, -0.2) is 0 Å². The molecule has 56 valence electrons. The second-order valence-electron chi connectivity index (χ2n) is 1.66. The van der Waals surface area contributed by atoms with Gasteiger partial charge in [0.05, 0.1) is 5.38 Å². The molecule has 9 heavy (non-hydrogen) atoms. The largest absolute Gasteiger partial charge is 0.320 e. The molecule has 0 saturated carbocycles. The lowest BCUT2D eigenvalue weighted by atomic mass is 10.3. The highest BCUT2D eigenvalue weighted by Gasteiger charge is 2.21. The smallest absolute Gasteiger partial charge is 0.286 e. The van der Waals surface area contributed by atoms with Gasteiger partial charge in [0.1, 0.15) is 0 Å². The molecule has 0 bridgehead atoms. The van der Waals surface area contributed by atoms with Crippen LogP contribution >= 0.6 is 11.6 Å². The van der Waals surface area contributed by atoms with Gasteiger partial charge in [-0.2, -0.15) is 0 Å². The zero-order chi connectivity index (χ0) is 7.44. The molecule has 0 aliphatic rings. The third kappa shape index (κ3) is 4.93. The number of hydrogen-bond acceptors (Lipinski definition) is 3. The van der Waals surface area contributed by atoms with Crippen LogP contribution in [0.5, 0.6) is 0 Å². The third-order valence-electron chi connectivity index (χ3n) is 0.860. The maximum Gasteiger partial charge on any atom is 0.286 e. The van der Waals surface area contributed by atoms with Gasteiger partial charge in [-0.15, -0.1) is 11.6 Å². The predicted molar refractivity (Wildman–Crippen MR) is 25.9 cm³/mol. The van der Waals surface area contributed by atoms with Crippen LogP contribution in [0.4, 0.5) is 0 Å². The van der Waals surface area contributed by atoms with E-state index in [1.165, 1.54) is 0 Å². The van der Waals surface area contributed by atoms with Crippen molar-refractivity contribution in [2.75, 3.05) is 0 Å². The van der Waals surface area contributed by atoms with Crippen LogP contribution in [0.2, 0.25) is 0 Å². The van der Waals surface area contributed by atoms with Crippen molar-refractivity contribution in [1.29, 1.82) is 0 Å². The fourth-order valence-corrected chi connectivity index (χ4v) is 0.673. The van der Waals surface area contributed by atoms with E-state index in [-0.39, 0.29) is 5.38 Å². The Labute approximate surface area is 62.0 Å². The summed E-state index contributed by atoms with van der Waals surface area (Å²) in [6.45, 7) is 3.24. The molecule has 0 N–H and O–H groups in total. The average Bonchev–Trinajstić information content (AvgIpc) is 1.63. The summed E-state index contributed by atoms with van der Waals surface area (Å²) in [7, 11) is -2.14. The minimum atomic E-state index is -2.14. The van der Waals surface area contributed by atoms with Crippen molar-refractivity contribution < 1.29 is 24.4 Å². The molecule has 0 fully saturated rings. The second-order valence-corrected chi connectivity index (χ2v) is 2.91. The number of hydrogen-bond donors (Lipinski definition) is 0. The van der Waals surface area contributed by atoms with Gasteiger partial charge in [-0.1, -0.05) is 0 Å². The van der Waals surface area contributed by atoms with Crippen LogP contribution in [0.15, 0.2) is 0 Å². The topological polar surface area (TPSA) is 55.3 Å². The first-order valence-electron chi connectivity index (χ1n) is 2.40. The Balaban J connectivity index is 3.38. The highest BCUT2D eigenvalue weighted by Crippen LogP contribution is 2.05. The molecule has 2 unspecified atom stereocenters. The Kier molecular flexibility index (Phi) is 4.52. The quantitative estimate of drug-likeness (QED) is 0.522. The molecule has 0 rings (SSSR count). The molecule has 5 heteroatoms. The SMILES string of the molecule is CC(Cl)C(C)O[Cl+2]([O-])[O-]. The summed E-state index contributed by atoms with van der Waals surface area (Å²) in [6.07, 6.45) is -0.470. The third-order valence-corrected chi connectivity index (χ3v) is 1.64. The molecule has 0 spiro atoms. The van der Waals surface area contributed by atoms with Crippen molar-refractivity contribution >= 4 is 11.6 Å². The first kappa shape index (κ1) is 9.46. The van der Waals surface area contributed by atoms with Crippen LogP contribution in [-0.4, -0.2) is 11.5 Å². The summed E-state index contributed by atoms with van der Waals surface area (Å²) >= 11 is 5.47. The van der Waals surface area contributed by atoms with Gasteiger partial charge < -0.3 is 9.32 Å². The first-order valence-corrected chi connectivity index (χ1v) is 3.77. The predicted octanol–water partition coefficient (Wildman–Crippen LogP) is -0.895. The minimum Gasteiger partial charge on any atom is -0.320 e. The normalized spacial score (nSPS) is 18.0. The molecule has 0 aromatic rings. The maximum atomic E-state index is 9.80. The van der Waals surface area contributed by atoms with Crippen LogP contribution in [0.1, 0.15) is 13.8 Å². The lowest BCUT2D eigenvalue weighted by Gasteiger charge is -2.05. The van der Waals surface area contributed by atoms with Gasteiger partial charge in [0.25, 0.3) is 10.8 Å². The Morgan fingerprint density at radius 3 is 2.00 bits per heavy atom. The highest BCUT2D eigenvalue weighted by atomic mass is 35.6. The first-order chi connectivity index (χ1) is 4.04. The fraction of sp³-hybridized carbons (Fsp3) is 1.00. The van der Waals surface area contributed by atoms with Crippen molar-refractivity contribution in [3.63, 3.8) is 0 Å². The summed E-state index contributed by atoms with van der Waals surface area (Å²) in [6, 6.07) is 0. The van der Waals surface area contributed by atoms with Crippen molar-refractivity contribution in [3.05, 3.63) is 0 Å². The zero-order valence-electron chi connectivity index (χ0n) is 5.14. The van der Waals surface area contributed by atoms with Crippen LogP contribution < -0.4 is 9.32 Å². The number of halogens is 2. The van der Waals surface area contributed by atoms with Crippen molar-refractivity contribution in [1.82, 2.24) is 0 Å². The second kappa shape index (κ2) is 4.30. The zero-order valence-corrected chi connectivity index (χ0v) is 6.65. The lowest BCUT2D eigenvalue weighted by Crippen LogP contribution is -2.38. The van der Waals surface area contributed by atoms with Gasteiger partial charge in [0.2, 0.25) is 0 Å². The molecular formula is C4H8Cl2O3. The molecule has 0 radical (unpaired) electrons. The Morgan fingerprint density at radius 2 is 1.89 bits per heavy atom. The maximum absolute atomic E-state index is 9.80. The van der Waals surface area contributed by atoms with Crippen molar-refractivity contribution in [2.45, 2.75) is 25.3 Å². The Hall–Kier alpha value is 0.460. The van der Waals surface area contributed by atoms with E-state index in [1.54, 1.807) is 13.8 Å². The molecular weight excluding hydrogens is 167 g/mol. The standard InChI is InChI=1S/C4H8Cl2O3/c1-3(5)4(2)9-6(7)8/h3-4H,1-2H3. The van der Waals surface area contributed by atoms with E-state index in [2.05, 4.69) is 4.29 Å². The molecule has 0 aliphatic carbocycles. The molecule has 0 aliphatic heterocycles. The van der Waals surface area contributed by atoms with E-state index in [9.17, 15) is 9.32 Å². The summed E-state index contributed by atoms with van der Waals surface area (Å²) in [4.78, 5) is 0. The van der Waals surface area contributed by atoms with E-state index < -0.39 is 16.9 Å². The van der Waals surface area contributed by atoms with Gasteiger partial charge in [-0.3, -0.25) is 0 Å². The summed E-state index contributed by atoms with van der Waals surface area (Å²) in [5.74, 6) is 0. The minimum absolute atomic E-state index is 0.298. The molecule has 0 aromatic heterocycles. The number of alkyl halides is 1. The molecule has 0 aromatic carbocycles. The summed E-state index contributed by atoms with van der Waals surface area (Å²) < 4.78 is 23.9. The fourth-order valence-electron chi connectivity index (χ4n) is 0.186. The Bertz CT molecular complexity index is 76.2. The van der Waals surface area contributed by atoms with Gasteiger partial charge in [-0.05, 0) is 13.8 Å². The molecule has 0 heterocycles. The monoisotopic (exact) mass is 174 g/mol. The highest BCUT2D eigenvalue weighted by molar-refractivity contribution is 6.20. The summed E-state index contributed by atoms with van der Waals surface area (Å²) in [5, 5.41) is -0.298. The van der Waals surface area contributed by atoms with Gasteiger partial charge in [0.15, 0.2) is 6.10 Å². The lowest BCUT2D eigenvalue weighted by molar-refractivity contribution is -1.63. The molecule has 0 saturated heterocycles. The number of rotatable bonds is 3. The summed E-state index contributed by atoms with van der Waals surface area (Å²) in [5.41, 5.74) is 0. The Morgan fingerprint density at radius 1 is 1.44 bits per heavy atom. The van der Waals surface area contributed by atoms with E-state index in [1.807, 2.05) is 0 Å². The van der Waals surface area contributed by atoms with Crippen LogP contribution in [-0.2, 0) is 4.29 Å².